The summed E-state index contributed by atoms with van der Waals surface area (Å²) in [6, 6.07) is 4.02. The summed E-state index contributed by atoms with van der Waals surface area (Å²) in [6.07, 6.45) is -3.36. The SMILES string of the molecule is Cc1nc2n(n1)-c1ccc(C(F)(F)F)c(Cl)c1C(c1ncccc1F)=N[C@H]2C. The van der Waals surface area contributed by atoms with Crippen molar-refractivity contribution in [3.63, 3.8) is 0 Å². The molecule has 1 aliphatic rings. The van der Waals surface area contributed by atoms with E-state index in [0.29, 0.717) is 11.6 Å². The van der Waals surface area contributed by atoms with Gasteiger partial charge in [0.05, 0.1) is 22.0 Å². The molecule has 3 aromatic rings. The Hall–Kier alpha value is -2.81. The van der Waals surface area contributed by atoms with Crippen molar-refractivity contribution < 1.29 is 17.6 Å². The van der Waals surface area contributed by atoms with E-state index in [1.54, 1.807) is 13.8 Å². The molecule has 0 saturated heterocycles. The first-order valence-electron chi connectivity index (χ1n) is 8.21. The van der Waals surface area contributed by atoms with E-state index in [1.807, 2.05) is 0 Å². The third-order valence-electron chi connectivity index (χ3n) is 4.31. The zero-order chi connectivity index (χ0) is 20.2. The van der Waals surface area contributed by atoms with Crippen LogP contribution in [-0.4, -0.2) is 25.5 Å². The second kappa shape index (κ2) is 6.37. The summed E-state index contributed by atoms with van der Waals surface area (Å²) in [6.45, 7) is 3.34. The van der Waals surface area contributed by atoms with Gasteiger partial charge in [-0.25, -0.2) is 14.1 Å². The maximum Gasteiger partial charge on any atom is 0.417 e. The van der Waals surface area contributed by atoms with Crippen LogP contribution >= 0.6 is 11.6 Å². The predicted octanol–water partition coefficient (Wildman–Crippen LogP) is 4.69. The van der Waals surface area contributed by atoms with E-state index in [9.17, 15) is 17.6 Å². The molecule has 1 atom stereocenters. The normalized spacial score (nSPS) is 16.2. The van der Waals surface area contributed by atoms with Gasteiger partial charge in [0, 0.05) is 11.8 Å². The van der Waals surface area contributed by atoms with Gasteiger partial charge in [-0.3, -0.25) is 9.98 Å². The van der Waals surface area contributed by atoms with Crippen molar-refractivity contribution in [2.75, 3.05) is 0 Å². The lowest BCUT2D eigenvalue weighted by Crippen LogP contribution is -2.16. The van der Waals surface area contributed by atoms with Gasteiger partial charge < -0.3 is 0 Å². The average Bonchev–Trinajstić information content (AvgIpc) is 2.96. The molecular formula is C18H12ClF4N5. The molecule has 0 unspecified atom stereocenters. The van der Waals surface area contributed by atoms with Crippen LogP contribution in [0.2, 0.25) is 5.02 Å². The molecule has 5 nitrogen and oxygen atoms in total. The van der Waals surface area contributed by atoms with Crippen LogP contribution < -0.4 is 0 Å². The number of benzene rings is 1. The molecule has 0 saturated carbocycles. The number of hydrogen-bond acceptors (Lipinski definition) is 4. The first kappa shape index (κ1) is 18.5. The quantitative estimate of drug-likeness (QED) is 0.548. The summed E-state index contributed by atoms with van der Waals surface area (Å²) < 4.78 is 56.2. The lowest BCUT2D eigenvalue weighted by atomic mass is 10.0. The Balaban J connectivity index is 2.11. The Morgan fingerprint density at radius 1 is 1.18 bits per heavy atom. The molecule has 0 aliphatic carbocycles. The van der Waals surface area contributed by atoms with Crippen molar-refractivity contribution in [1.29, 1.82) is 0 Å². The molecule has 10 heteroatoms. The summed E-state index contributed by atoms with van der Waals surface area (Å²) in [7, 11) is 0. The van der Waals surface area contributed by atoms with Crippen LogP contribution in [0.5, 0.6) is 0 Å². The Labute approximate surface area is 161 Å². The number of aromatic nitrogens is 4. The van der Waals surface area contributed by atoms with Crippen molar-refractivity contribution in [3.05, 3.63) is 69.8 Å². The maximum absolute atomic E-state index is 14.5. The van der Waals surface area contributed by atoms with Gasteiger partial charge in [-0.05, 0) is 38.1 Å². The number of halogens is 5. The van der Waals surface area contributed by atoms with Gasteiger partial charge in [-0.1, -0.05) is 11.6 Å². The third-order valence-corrected chi connectivity index (χ3v) is 4.70. The van der Waals surface area contributed by atoms with E-state index < -0.39 is 28.6 Å². The summed E-state index contributed by atoms with van der Waals surface area (Å²) in [5, 5.41) is 3.67. The van der Waals surface area contributed by atoms with Crippen LogP contribution in [0.4, 0.5) is 17.6 Å². The van der Waals surface area contributed by atoms with Gasteiger partial charge in [0.1, 0.15) is 17.6 Å². The number of pyridine rings is 1. The Bertz CT molecular complexity index is 1120. The zero-order valence-electron chi connectivity index (χ0n) is 14.6. The van der Waals surface area contributed by atoms with Crippen molar-refractivity contribution in [2.24, 2.45) is 4.99 Å². The summed E-state index contributed by atoms with van der Waals surface area (Å²) >= 11 is 6.19. The van der Waals surface area contributed by atoms with Crippen LogP contribution in [0.1, 0.15) is 41.4 Å². The molecule has 144 valence electrons. The lowest BCUT2D eigenvalue weighted by Gasteiger charge is -2.17. The van der Waals surface area contributed by atoms with E-state index in [4.69, 9.17) is 11.6 Å². The maximum atomic E-state index is 14.5. The minimum Gasteiger partial charge on any atom is -0.271 e. The fourth-order valence-corrected chi connectivity index (χ4v) is 3.48. The lowest BCUT2D eigenvalue weighted by molar-refractivity contribution is -0.137. The minimum atomic E-state index is -4.70. The van der Waals surface area contributed by atoms with E-state index in [2.05, 4.69) is 20.1 Å². The van der Waals surface area contributed by atoms with Gasteiger partial charge in [0.2, 0.25) is 0 Å². The molecular weight excluding hydrogens is 398 g/mol. The van der Waals surface area contributed by atoms with E-state index in [-0.39, 0.29) is 22.7 Å². The molecule has 0 radical (unpaired) electrons. The second-order valence-electron chi connectivity index (χ2n) is 6.24. The van der Waals surface area contributed by atoms with Crippen molar-refractivity contribution in [2.45, 2.75) is 26.1 Å². The van der Waals surface area contributed by atoms with Crippen LogP contribution in [-0.2, 0) is 6.18 Å². The van der Waals surface area contributed by atoms with Crippen LogP contribution in [0.25, 0.3) is 5.69 Å². The molecule has 2 aromatic heterocycles. The molecule has 0 spiro atoms. The fourth-order valence-electron chi connectivity index (χ4n) is 3.12. The smallest absolute Gasteiger partial charge is 0.271 e. The standard InChI is InChI=1S/C18H12ClF4N5/c1-8-17-26-9(2)27-28(17)12-6-5-10(18(21,22)23)14(19)13(12)16(25-8)15-11(20)4-3-7-24-15/h3-8H,1-2H3/t8-/m0/s1. The molecule has 1 aliphatic heterocycles. The van der Waals surface area contributed by atoms with Gasteiger partial charge in [0.25, 0.3) is 0 Å². The largest absolute Gasteiger partial charge is 0.417 e. The second-order valence-corrected chi connectivity index (χ2v) is 6.61. The first-order valence-corrected chi connectivity index (χ1v) is 8.59. The van der Waals surface area contributed by atoms with Gasteiger partial charge in [-0.2, -0.15) is 18.3 Å². The molecule has 4 rings (SSSR count). The zero-order valence-corrected chi connectivity index (χ0v) is 15.3. The summed E-state index contributed by atoms with van der Waals surface area (Å²) in [5.74, 6) is 0.101. The Morgan fingerprint density at radius 3 is 2.61 bits per heavy atom. The molecule has 0 amide bonds. The monoisotopic (exact) mass is 409 g/mol. The van der Waals surface area contributed by atoms with Gasteiger partial charge >= 0.3 is 6.18 Å². The van der Waals surface area contributed by atoms with Crippen molar-refractivity contribution in [3.8, 4) is 5.69 Å². The number of alkyl halides is 3. The highest BCUT2D eigenvalue weighted by Gasteiger charge is 2.38. The first-order chi connectivity index (χ1) is 13.2. The number of aliphatic imine (C=N–C) groups is 1. The molecule has 0 bridgehead atoms. The van der Waals surface area contributed by atoms with E-state index >= 15 is 0 Å². The van der Waals surface area contributed by atoms with Gasteiger partial charge in [0.15, 0.2) is 11.6 Å². The summed E-state index contributed by atoms with van der Waals surface area (Å²) in [5.41, 5.74) is -1.20. The number of rotatable bonds is 1. The highest BCUT2D eigenvalue weighted by atomic mass is 35.5. The number of aryl methyl sites for hydroxylation is 1. The topological polar surface area (TPSA) is 56.0 Å². The molecule has 3 heterocycles. The number of hydrogen-bond donors (Lipinski definition) is 0. The minimum absolute atomic E-state index is 0.0818. The van der Waals surface area contributed by atoms with Crippen LogP contribution in [0.15, 0.2) is 35.5 Å². The third kappa shape index (κ3) is 2.86. The van der Waals surface area contributed by atoms with E-state index in [0.717, 1.165) is 12.1 Å². The van der Waals surface area contributed by atoms with Gasteiger partial charge in [-0.15, -0.1) is 0 Å². The van der Waals surface area contributed by atoms with Crippen LogP contribution in [0, 0.1) is 12.7 Å². The molecule has 1 aromatic carbocycles. The fraction of sp³-hybridized carbons (Fsp3) is 0.222. The van der Waals surface area contributed by atoms with Crippen molar-refractivity contribution in [1.82, 2.24) is 19.7 Å². The summed E-state index contributed by atoms with van der Waals surface area (Å²) in [4.78, 5) is 12.7. The number of fused-ring (bicyclic) bond motifs is 3. The van der Waals surface area contributed by atoms with Crippen LogP contribution in [0.3, 0.4) is 0 Å². The Morgan fingerprint density at radius 2 is 1.93 bits per heavy atom. The Kier molecular flexibility index (Phi) is 4.22. The highest BCUT2D eigenvalue weighted by Crippen LogP contribution is 2.41. The average molecular weight is 410 g/mol. The predicted molar refractivity (Wildman–Crippen MR) is 94.4 cm³/mol. The number of nitrogens with zero attached hydrogens (tertiary/aromatic N) is 5. The molecule has 0 N–H and O–H groups in total. The van der Waals surface area contributed by atoms with Crippen molar-refractivity contribution >= 4 is 17.3 Å². The molecule has 28 heavy (non-hydrogen) atoms. The van der Waals surface area contributed by atoms with E-state index in [1.165, 1.54) is 23.0 Å². The molecule has 0 fully saturated rings. The highest BCUT2D eigenvalue weighted by molar-refractivity contribution is 6.37.